The Hall–Kier alpha value is -0.130. The molecule has 0 heterocycles. The SMILES string of the molecule is CC(N)C(CN)c1cccc(I)c1. The van der Waals surface area contributed by atoms with E-state index in [2.05, 4.69) is 40.8 Å². The van der Waals surface area contributed by atoms with Crippen molar-refractivity contribution in [3.8, 4) is 0 Å². The summed E-state index contributed by atoms with van der Waals surface area (Å²) in [4.78, 5) is 0. The van der Waals surface area contributed by atoms with Gasteiger partial charge in [-0.2, -0.15) is 0 Å². The van der Waals surface area contributed by atoms with E-state index in [4.69, 9.17) is 11.5 Å². The number of halogens is 1. The van der Waals surface area contributed by atoms with Crippen molar-refractivity contribution in [2.45, 2.75) is 18.9 Å². The van der Waals surface area contributed by atoms with Crippen molar-refractivity contribution in [2.24, 2.45) is 11.5 Å². The highest BCUT2D eigenvalue weighted by Gasteiger charge is 2.13. The van der Waals surface area contributed by atoms with Crippen LogP contribution in [0.3, 0.4) is 0 Å². The minimum Gasteiger partial charge on any atom is -0.330 e. The van der Waals surface area contributed by atoms with E-state index in [0.717, 1.165) is 0 Å². The molecule has 2 unspecified atom stereocenters. The van der Waals surface area contributed by atoms with E-state index < -0.39 is 0 Å². The first kappa shape index (κ1) is 10.9. The fraction of sp³-hybridized carbons (Fsp3) is 0.400. The lowest BCUT2D eigenvalue weighted by molar-refractivity contribution is 0.576. The van der Waals surface area contributed by atoms with Gasteiger partial charge >= 0.3 is 0 Å². The van der Waals surface area contributed by atoms with E-state index in [1.54, 1.807) is 0 Å². The van der Waals surface area contributed by atoms with Gasteiger partial charge in [-0.25, -0.2) is 0 Å². The topological polar surface area (TPSA) is 52.0 Å². The third-order valence-electron chi connectivity index (χ3n) is 2.17. The van der Waals surface area contributed by atoms with Gasteiger partial charge in [-0.15, -0.1) is 0 Å². The van der Waals surface area contributed by atoms with Crippen molar-refractivity contribution in [3.63, 3.8) is 0 Å². The maximum Gasteiger partial charge on any atom is 0.0133 e. The Kier molecular flexibility index (Phi) is 4.15. The zero-order valence-electron chi connectivity index (χ0n) is 7.70. The monoisotopic (exact) mass is 290 g/mol. The first-order chi connectivity index (χ1) is 6.15. The highest BCUT2D eigenvalue weighted by molar-refractivity contribution is 14.1. The maximum absolute atomic E-state index is 5.85. The maximum atomic E-state index is 5.85. The molecule has 1 rings (SSSR count). The molecule has 0 aliphatic heterocycles. The van der Waals surface area contributed by atoms with Gasteiger partial charge in [0.1, 0.15) is 0 Å². The molecule has 0 bridgehead atoms. The predicted molar refractivity (Wildman–Crippen MR) is 64.6 cm³/mol. The third kappa shape index (κ3) is 2.93. The van der Waals surface area contributed by atoms with Gasteiger partial charge in [0.2, 0.25) is 0 Å². The summed E-state index contributed by atoms with van der Waals surface area (Å²) in [7, 11) is 0. The predicted octanol–water partition coefficient (Wildman–Crippen LogP) is 1.68. The summed E-state index contributed by atoms with van der Waals surface area (Å²) in [6.45, 7) is 2.61. The average molecular weight is 290 g/mol. The standard InChI is InChI=1S/C10H15IN2/c1-7(13)10(6-12)8-3-2-4-9(11)5-8/h2-5,7,10H,6,12-13H2,1H3. The van der Waals surface area contributed by atoms with Crippen molar-refractivity contribution < 1.29 is 0 Å². The summed E-state index contributed by atoms with van der Waals surface area (Å²) in [5.41, 5.74) is 12.8. The summed E-state index contributed by atoms with van der Waals surface area (Å²) >= 11 is 2.30. The second-order valence-electron chi connectivity index (χ2n) is 3.26. The van der Waals surface area contributed by atoms with Crippen LogP contribution in [0.15, 0.2) is 24.3 Å². The van der Waals surface area contributed by atoms with Gasteiger partial charge in [0.25, 0.3) is 0 Å². The van der Waals surface area contributed by atoms with Crippen LogP contribution in [0.1, 0.15) is 18.4 Å². The molecule has 2 nitrogen and oxygen atoms in total. The molecule has 1 aromatic carbocycles. The van der Waals surface area contributed by atoms with Crippen LogP contribution in [0.25, 0.3) is 0 Å². The van der Waals surface area contributed by atoms with Crippen LogP contribution in [0, 0.1) is 3.57 Å². The number of benzene rings is 1. The molecule has 0 aliphatic carbocycles. The fourth-order valence-electron chi connectivity index (χ4n) is 1.39. The molecule has 0 saturated carbocycles. The Morgan fingerprint density at radius 1 is 1.46 bits per heavy atom. The molecular weight excluding hydrogens is 275 g/mol. The van der Waals surface area contributed by atoms with Crippen molar-refractivity contribution in [1.29, 1.82) is 0 Å². The minimum absolute atomic E-state index is 0.114. The highest BCUT2D eigenvalue weighted by Crippen LogP contribution is 2.19. The van der Waals surface area contributed by atoms with E-state index in [1.807, 2.05) is 13.0 Å². The van der Waals surface area contributed by atoms with Gasteiger partial charge in [0.05, 0.1) is 0 Å². The molecule has 72 valence electrons. The Balaban J connectivity index is 2.91. The smallest absolute Gasteiger partial charge is 0.0133 e. The van der Waals surface area contributed by atoms with Crippen LogP contribution in [0.4, 0.5) is 0 Å². The third-order valence-corrected chi connectivity index (χ3v) is 2.84. The summed E-state index contributed by atoms with van der Waals surface area (Å²) in [5, 5.41) is 0. The van der Waals surface area contributed by atoms with Crippen molar-refractivity contribution in [1.82, 2.24) is 0 Å². The van der Waals surface area contributed by atoms with Crippen LogP contribution in [-0.4, -0.2) is 12.6 Å². The molecule has 1 aromatic rings. The Labute approximate surface area is 92.8 Å². The molecule has 0 aromatic heterocycles. The first-order valence-corrected chi connectivity index (χ1v) is 5.44. The Morgan fingerprint density at radius 2 is 2.15 bits per heavy atom. The lowest BCUT2D eigenvalue weighted by Gasteiger charge is -2.19. The molecule has 0 aliphatic rings. The zero-order valence-corrected chi connectivity index (χ0v) is 9.86. The van der Waals surface area contributed by atoms with Gasteiger partial charge in [0.15, 0.2) is 0 Å². The van der Waals surface area contributed by atoms with Gasteiger partial charge in [-0.1, -0.05) is 12.1 Å². The second-order valence-corrected chi connectivity index (χ2v) is 4.50. The van der Waals surface area contributed by atoms with Crippen LogP contribution in [-0.2, 0) is 0 Å². The van der Waals surface area contributed by atoms with E-state index in [-0.39, 0.29) is 12.0 Å². The minimum atomic E-state index is 0.114. The van der Waals surface area contributed by atoms with Crippen molar-refractivity contribution >= 4 is 22.6 Å². The molecule has 13 heavy (non-hydrogen) atoms. The molecule has 0 saturated heterocycles. The van der Waals surface area contributed by atoms with Gasteiger partial charge in [0, 0.05) is 22.1 Å². The lowest BCUT2D eigenvalue weighted by Crippen LogP contribution is -2.30. The van der Waals surface area contributed by atoms with E-state index in [1.165, 1.54) is 9.13 Å². The van der Waals surface area contributed by atoms with E-state index >= 15 is 0 Å². The number of rotatable bonds is 3. The molecule has 0 radical (unpaired) electrons. The second kappa shape index (κ2) is 4.93. The van der Waals surface area contributed by atoms with E-state index in [0.29, 0.717) is 6.54 Å². The molecule has 0 amide bonds. The van der Waals surface area contributed by atoms with Gasteiger partial charge < -0.3 is 11.5 Å². The van der Waals surface area contributed by atoms with Gasteiger partial charge in [-0.05, 0) is 47.2 Å². The van der Waals surface area contributed by atoms with Crippen LogP contribution in [0.5, 0.6) is 0 Å². The highest BCUT2D eigenvalue weighted by atomic mass is 127. The van der Waals surface area contributed by atoms with E-state index in [9.17, 15) is 0 Å². The quantitative estimate of drug-likeness (QED) is 0.832. The molecule has 0 spiro atoms. The van der Waals surface area contributed by atoms with Crippen molar-refractivity contribution in [3.05, 3.63) is 33.4 Å². The molecule has 0 fully saturated rings. The van der Waals surface area contributed by atoms with Crippen LogP contribution in [0.2, 0.25) is 0 Å². The summed E-state index contributed by atoms with van der Waals surface area (Å²) in [6, 6.07) is 8.45. The molecule has 2 atom stereocenters. The number of nitrogens with two attached hydrogens (primary N) is 2. The van der Waals surface area contributed by atoms with Gasteiger partial charge in [-0.3, -0.25) is 0 Å². The fourth-order valence-corrected chi connectivity index (χ4v) is 1.96. The average Bonchev–Trinajstić information content (AvgIpc) is 2.04. The Morgan fingerprint density at radius 3 is 2.62 bits per heavy atom. The number of hydrogen-bond acceptors (Lipinski definition) is 2. The largest absolute Gasteiger partial charge is 0.330 e. The summed E-state index contributed by atoms with van der Waals surface area (Å²) in [6.07, 6.45) is 0. The zero-order chi connectivity index (χ0) is 9.84. The molecule has 3 heteroatoms. The summed E-state index contributed by atoms with van der Waals surface area (Å²) in [5.74, 6) is 0.273. The van der Waals surface area contributed by atoms with Crippen LogP contribution >= 0.6 is 22.6 Å². The molecular formula is C10H15IN2. The number of hydrogen-bond donors (Lipinski definition) is 2. The van der Waals surface area contributed by atoms with Crippen molar-refractivity contribution in [2.75, 3.05) is 6.54 Å². The molecule has 4 N–H and O–H groups in total. The van der Waals surface area contributed by atoms with Crippen LogP contribution < -0.4 is 11.5 Å². The lowest BCUT2D eigenvalue weighted by atomic mass is 9.93. The summed E-state index contributed by atoms with van der Waals surface area (Å²) < 4.78 is 1.23. The first-order valence-electron chi connectivity index (χ1n) is 4.36. The Bertz CT molecular complexity index is 273. The normalized spacial score (nSPS) is 15.4.